The third kappa shape index (κ3) is 6.08. The van der Waals surface area contributed by atoms with E-state index in [9.17, 15) is 14.4 Å². The highest BCUT2D eigenvalue weighted by Crippen LogP contribution is 2.29. The van der Waals surface area contributed by atoms with Gasteiger partial charge in [0.25, 0.3) is 5.56 Å². The summed E-state index contributed by atoms with van der Waals surface area (Å²) in [5.41, 5.74) is 2.28. The molecule has 0 atom stereocenters. The fourth-order valence-electron chi connectivity index (χ4n) is 3.24. The summed E-state index contributed by atoms with van der Waals surface area (Å²) in [6.45, 7) is 2.98. The summed E-state index contributed by atoms with van der Waals surface area (Å²) in [4.78, 5) is 48.5. The van der Waals surface area contributed by atoms with Crippen molar-refractivity contribution in [1.29, 1.82) is 0 Å². The Hall–Kier alpha value is -3.22. The van der Waals surface area contributed by atoms with Crippen LogP contribution in [0, 0.1) is 6.92 Å². The number of hydrogen-bond donors (Lipinski definition) is 1. The van der Waals surface area contributed by atoms with Gasteiger partial charge in [-0.2, -0.15) is 0 Å². The van der Waals surface area contributed by atoms with Crippen molar-refractivity contribution in [2.45, 2.75) is 24.4 Å². The van der Waals surface area contributed by atoms with Crippen LogP contribution < -0.4 is 5.56 Å². The molecule has 35 heavy (non-hydrogen) atoms. The van der Waals surface area contributed by atoms with Gasteiger partial charge in [-0.15, -0.1) is 11.3 Å². The van der Waals surface area contributed by atoms with Crippen LogP contribution in [0.1, 0.15) is 21.1 Å². The van der Waals surface area contributed by atoms with Crippen molar-refractivity contribution in [3.8, 4) is 0 Å². The van der Waals surface area contributed by atoms with E-state index in [1.54, 1.807) is 28.1 Å². The number of imidazole rings is 1. The zero-order chi connectivity index (χ0) is 25.5. The Bertz CT molecular complexity index is 1390. The van der Waals surface area contributed by atoms with E-state index in [2.05, 4.69) is 14.5 Å². The fourth-order valence-corrected chi connectivity index (χ4v) is 5.27. The molecule has 4 rings (SSSR count). The summed E-state index contributed by atoms with van der Waals surface area (Å²) in [6, 6.07) is 7.93. The molecule has 1 N–H and O–H groups in total. The van der Waals surface area contributed by atoms with Gasteiger partial charge in [0.2, 0.25) is 6.41 Å². The van der Waals surface area contributed by atoms with Gasteiger partial charge in [0.1, 0.15) is 15.5 Å². The smallest absolute Gasteiger partial charge is 0.348 e. The molecule has 0 spiro atoms. The first-order chi connectivity index (χ1) is 16.8. The van der Waals surface area contributed by atoms with E-state index in [0.717, 1.165) is 22.6 Å². The summed E-state index contributed by atoms with van der Waals surface area (Å²) < 4.78 is 12.1. The van der Waals surface area contributed by atoms with Gasteiger partial charge in [0.05, 0.1) is 35.9 Å². The average Bonchev–Trinajstić information content (AvgIpc) is 3.38. The van der Waals surface area contributed by atoms with Crippen molar-refractivity contribution in [3.63, 3.8) is 0 Å². The third-order valence-corrected chi connectivity index (χ3v) is 7.06. The van der Waals surface area contributed by atoms with Crippen molar-refractivity contribution in [3.05, 3.63) is 50.9 Å². The molecule has 0 aliphatic heterocycles. The lowest BCUT2D eigenvalue weighted by atomic mass is 10.2. The molecule has 0 fully saturated rings. The van der Waals surface area contributed by atoms with Crippen LogP contribution in [0.4, 0.5) is 0 Å². The molecule has 0 aliphatic rings. The molecule has 0 aliphatic carbocycles. The van der Waals surface area contributed by atoms with Crippen LogP contribution in [0.5, 0.6) is 0 Å². The maximum absolute atomic E-state index is 12.6. The highest BCUT2D eigenvalue weighted by molar-refractivity contribution is 7.98. The molecule has 0 radical (unpaired) electrons. The molecule has 4 aromatic rings. The van der Waals surface area contributed by atoms with Crippen molar-refractivity contribution in [2.24, 2.45) is 0 Å². The molecule has 3 heterocycles. The summed E-state index contributed by atoms with van der Waals surface area (Å²) in [6.07, 6.45) is 0.750. The summed E-state index contributed by atoms with van der Waals surface area (Å²) >= 11 is 2.66. The topological polar surface area (TPSA) is 119 Å². The zero-order valence-corrected chi connectivity index (χ0v) is 21.8. The number of fused-ring (bicyclic) bond motifs is 2. The molecule has 0 saturated heterocycles. The first-order valence-electron chi connectivity index (χ1n) is 10.6. The van der Waals surface area contributed by atoms with Gasteiger partial charge >= 0.3 is 5.97 Å². The molecule has 0 unspecified atom stereocenters. The number of carbonyl (C=O) groups excluding carboxylic acids is 2. The second-order valence-electron chi connectivity index (χ2n) is 7.63. The molecule has 0 bridgehead atoms. The molecule has 1 amide bonds. The van der Waals surface area contributed by atoms with E-state index < -0.39 is 5.97 Å². The first-order valence-corrected chi connectivity index (χ1v) is 12.4. The Labute approximate surface area is 210 Å². The standard InChI is InChI=1S/C20H20N4O4S2.C3H7NO/c1-11-15-17(25)22-14(23-18(15)30-16(11)19(26)28-3)10-29-20-21-12-6-4-5-7-13(12)24(20)8-9-27-2;1-4(2)3-5/h4-7H,8-10H2,1-3H3,(H,22,23,25);3H,1-2H3. The number of thioether (sulfide) groups is 1. The number of H-pyrrole nitrogens is 1. The second kappa shape index (κ2) is 12.0. The van der Waals surface area contributed by atoms with Gasteiger partial charge in [-0.3, -0.25) is 9.59 Å². The van der Waals surface area contributed by atoms with Gasteiger partial charge in [-0.25, -0.2) is 14.8 Å². The largest absolute Gasteiger partial charge is 0.465 e. The maximum atomic E-state index is 12.6. The van der Waals surface area contributed by atoms with Crippen molar-refractivity contribution < 1.29 is 19.1 Å². The van der Waals surface area contributed by atoms with E-state index in [1.807, 2.05) is 24.3 Å². The van der Waals surface area contributed by atoms with E-state index in [4.69, 9.17) is 14.5 Å². The van der Waals surface area contributed by atoms with Crippen molar-refractivity contribution >= 4 is 56.7 Å². The number of benzene rings is 1. The number of hydrogen-bond acceptors (Lipinski definition) is 9. The summed E-state index contributed by atoms with van der Waals surface area (Å²) in [7, 11) is 6.36. The number of amides is 1. The number of rotatable bonds is 8. The molecular weight excluding hydrogens is 490 g/mol. The molecule has 12 heteroatoms. The number of aromatic nitrogens is 4. The minimum Gasteiger partial charge on any atom is -0.465 e. The molecule has 186 valence electrons. The first kappa shape index (κ1) is 26.4. The average molecular weight is 518 g/mol. The molecule has 1 aromatic carbocycles. The predicted molar refractivity (Wildman–Crippen MR) is 137 cm³/mol. The lowest BCUT2D eigenvalue weighted by Gasteiger charge is -2.08. The number of nitrogens with one attached hydrogen (secondary N) is 1. The Morgan fingerprint density at radius 1 is 1.26 bits per heavy atom. The van der Waals surface area contributed by atoms with Crippen LogP contribution in [-0.2, 0) is 26.6 Å². The van der Waals surface area contributed by atoms with Crippen LogP contribution in [0.3, 0.4) is 0 Å². The van der Waals surface area contributed by atoms with Gasteiger partial charge in [0.15, 0.2) is 5.16 Å². The van der Waals surface area contributed by atoms with E-state index in [0.29, 0.717) is 45.4 Å². The van der Waals surface area contributed by atoms with Crippen molar-refractivity contribution in [2.75, 3.05) is 34.9 Å². The molecule has 3 aromatic heterocycles. The Morgan fingerprint density at radius 3 is 2.63 bits per heavy atom. The lowest BCUT2D eigenvalue weighted by molar-refractivity contribution is -0.115. The van der Waals surface area contributed by atoms with Crippen LogP contribution in [0.2, 0.25) is 0 Å². The van der Waals surface area contributed by atoms with Gasteiger partial charge in [-0.05, 0) is 24.6 Å². The van der Waals surface area contributed by atoms with Crippen LogP contribution in [-0.4, -0.2) is 71.7 Å². The number of para-hydroxylation sites is 2. The normalized spacial score (nSPS) is 10.8. The summed E-state index contributed by atoms with van der Waals surface area (Å²) in [5, 5.41) is 1.26. The number of aryl methyl sites for hydroxylation is 1. The fraction of sp³-hybridized carbons (Fsp3) is 0.348. The maximum Gasteiger partial charge on any atom is 0.348 e. The Morgan fingerprint density at radius 2 is 1.97 bits per heavy atom. The number of carbonyl (C=O) groups is 2. The second-order valence-corrected chi connectivity index (χ2v) is 9.57. The van der Waals surface area contributed by atoms with E-state index in [1.165, 1.54) is 35.1 Å². The number of ether oxygens (including phenoxy) is 2. The zero-order valence-electron chi connectivity index (χ0n) is 20.2. The minimum absolute atomic E-state index is 0.257. The highest BCUT2D eigenvalue weighted by Gasteiger charge is 2.20. The van der Waals surface area contributed by atoms with E-state index >= 15 is 0 Å². The number of nitrogens with zero attached hydrogens (tertiary/aromatic N) is 4. The minimum atomic E-state index is -0.460. The SMILES string of the molecule is CN(C)C=O.COCCn1c(SCc2nc3sc(C(=O)OC)c(C)c3c(=O)[nH]2)nc2ccccc21. The predicted octanol–water partition coefficient (Wildman–Crippen LogP) is 3.07. The quantitative estimate of drug-likeness (QED) is 0.215. The number of esters is 1. The number of methoxy groups -OCH3 is 2. The Kier molecular flexibility index (Phi) is 9.01. The Balaban J connectivity index is 0.000000623. The molecule has 0 saturated carbocycles. The molecular formula is C23H27N5O5S2. The van der Waals surface area contributed by atoms with Crippen molar-refractivity contribution in [1.82, 2.24) is 24.4 Å². The van der Waals surface area contributed by atoms with Gasteiger partial charge < -0.3 is 23.9 Å². The van der Waals surface area contributed by atoms with Gasteiger partial charge in [0, 0.05) is 27.7 Å². The summed E-state index contributed by atoms with van der Waals surface area (Å²) in [5.74, 6) is 0.504. The lowest BCUT2D eigenvalue weighted by Crippen LogP contribution is -2.11. The van der Waals surface area contributed by atoms with Gasteiger partial charge in [-0.1, -0.05) is 23.9 Å². The number of thiophene rings is 1. The third-order valence-electron chi connectivity index (χ3n) is 4.91. The van der Waals surface area contributed by atoms with Crippen LogP contribution >= 0.6 is 23.1 Å². The van der Waals surface area contributed by atoms with E-state index in [-0.39, 0.29) is 5.56 Å². The highest BCUT2D eigenvalue weighted by atomic mass is 32.2. The van der Waals surface area contributed by atoms with Crippen LogP contribution in [0.25, 0.3) is 21.3 Å². The van der Waals surface area contributed by atoms with Crippen LogP contribution in [0.15, 0.2) is 34.2 Å². The monoisotopic (exact) mass is 517 g/mol. The number of aromatic amines is 1. The molecule has 10 nitrogen and oxygen atoms in total.